The van der Waals surface area contributed by atoms with Crippen molar-refractivity contribution in [2.24, 2.45) is 5.92 Å². The van der Waals surface area contributed by atoms with E-state index in [4.69, 9.17) is 10.2 Å². The maximum absolute atomic E-state index is 13.2. The van der Waals surface area contributed by atoms with Gasteiger partial charge in [-0.1, -0.05) is 0 Å². The standard InChI is InChI=1S/C11H15F2NO5/c12-11(13)3-1-2-7(4-11)10(19)14(5-8(15)16)6-9(17)18/h7H,1-6H2,(H,15,16)(H,17,18). The van der Waals surface area contributed by atoms with Crippen LogP contribution in [0.4, 0.5) is 8.78 Å². The third kappa shape index (κ3) is 4.80. The minimum absolute atomic E-state index is 0.164. The molecular formula is C11H15F2NO5. The van der Waals surface area contributed by atoms with E-state index in [0.29, 0.717) is 4.90 Å². The van der Waals surface area contributed by atoms with Crippen LogP contribution in [-0.2, 0) is 14.4 Å². The van der Waals surface area contributed by atoms with Crippen molar-refractivity contribution >= 4 is 17.8 Å². The van der Waals surface area contributed by atoms with Crippen LogP contribution in [-0.4, -0.2) is 52.0 Å². The average molecular weight is 279 g/mol. The molecule has 1 atom stereocenters. The van der Waals surface area contributed by atoms with Gasteiger partial charge in [0.25, 0.3) is 0 Å². The van der Waals surface area contributed by atoms with Crippen LogP contribution in [0.25, 0.3) is 0 Å². The molecule has 2 N–H and O–H groups in total. The van der Waals surface area contributed by atoms with Crippen molar-refractivity contribution in [2.45, 2.75) is 31.6 Å². The molecule has 1 unspecified atom stereocenters. The van der Waals surface area contributed by atoms with Crippen LogP contribution in [0, 0.1) is 5.92 Å². The van der Waals surface area contributed by atoms with Gasteiger partial charge < -0.3 is 15.1 Å². The van der Waals surface area contributed by atoms with Crippen LogP contribution in [0.5, 0.6) is 0 Å². The van der Waals surface area contributed by atoms with E-state index in [2.05, 4.69) is 0 Å². The zero-order valence-corrected chi connectivity index (χ0v) is 10.1. The summed E-state index contributed by atoms with van der Waals surface area (Å²) in [5.41, 5.74) is 0. The summed E-state index contributed by atoms with van der Waals surface area (Å²) in [5.74, 6) is -7.54. The number of nitrogens with zero attached hydrogens (tertiary/aromatic N) is 1. The molecule has 0 bridgehead atoms. The monoisotopic (exact) mass is 279 g/mol. The zero-order valence-electron chi connectivity index (χ0n) is 10.1. The van der Waals surface area contributed by atoms with Crippen molar-refractivity contribution < 1.29 is 33.4 Å². The number of carboxylic acid groups (broad SMARTS) is 2. The first-order valence-corrected chi connectivity index (χ1v) is 5.81. The second-order valence-electron chi connectivity index (χ2n) is 4.63. The fraction of sp³-hybridized carbons (Fsp3) is 0.727. The smallest absolute Gasteiger partial charge is 0.323 e. The molecule has 19 heavy (non-hydrogen) atoms. The fourth-order valence-electron chi connectivity index (χ4n) is 2.18. The second kappa shape index (κ2) is 5.94. The number of alkyl halides is 2. The van der Waals surface area contributed by atoms with E-state index in [1.165, 1.54) is 0 Å². The number of hydrogen-bond donors (Lipinski definition) is 2. The summed E-state index contributed by atoms with van der Waals surface area (Å²) in [6.07, 6.45) is -0.558. The van der Waals surface area contributed by atoms with Gasteiger partial charge in [-0.05, 0) is 12.8 Å². The molecule has 0 aromatic carbocycles. The number of carboxylic acids is 2. The number of amides is 1. The first kappa shape index (κ1) is 15.3. The minimum atomic E-state index is -2.95. The number of rotatable bonds is 5. The molecule has 0 saturated heterocycles. The summed E-state index contributed by atoms with van der Waals surface area (Å²) in [7, 11) is 0. The highest BCUT2D eigenvalue weighted by Crippen LogP contribution is 2.37. The van der Waals surface area contributed by atoms with Gasteiger partial charge in [0.15, 0.2) is 0 Å². The predicted molar refractivity (Wildman–Crippen MR) is 58.8 cm³/mol. The summed E-state index contributed by atoms with van der Waals surface area (Å²) < 4.78 is 26.4. The number of halogens is 2. The van der Waals surface area contributed by atoms with Gasteiger partial charge in [0.1, 0.15) is 13.1 Å². The topological polar surface area (TPSA) is 94.9 Å². The highest BCUT2D eigenvalue weighted by atomic mass is 19.3. The van der Waals surface area contributed by atoms with E-state index < -0.39 is 49.2 Å². The van der Waals surface area contributed by atoms with Crippen molar-refractivity contribution in [3.05, 3.63) is 0 Å². The molecule has 0 aliphatic heterocycles. The van der Waals surface area contributed by atoms with E-state index in [9.17, 15) is 23.2 Å². The molecule has 6 nitrogen and oxygen atoms in total. The molecule has 1 amide bonds. The lowest BCUT2D eigenvalue weighted by Gasteiger charge is -2.31. The number of hydrogen-bond acceptors (Lipinski definition) is 3. The van der Waals surface area contributed by atoms with Crippen molar-refractivity contribution in [2.75, 3.05) is 13.1 Å². The van der Waals surface area contributed by atoms with Gasteiger partial charge in [0.2, 0.25) is 11.8 Å². The van der Waals surface area contributed by atoms with Gasteiger partial charge in [-0.2, -0.15) is 0 Å². The van der Waals surface area contributed by atoms with E-state index in [0.717, 1.165) is 0 Å². The summed E-state index contributed by atoms with van der Waals surface area (Å²) in [5, 5.41) is 17.2. The molecule has 0 heterocycles. The third-order valence-corrected chi connectivity index (χ3v) is 2.95. The molecule has 1 fully saturated rings. The maximum Gasteiger partial charge on any atom is 0.323 e. The van der Waals surface area contributed by atoms with Gasteiger partial charge in [-0.3, -0.25) is 14.4 Å². The average Bonchev–Trinajstić information content (AvgIpc) is 2.24. The lowest BCUT2D eigenvalue weighted by Crippen LogP contribution is -2.45. The largest absolute Gasteiger partial charge is 0.480 e. The third-order valence-electron chi connectivity index (χ3n) is 2.95. The Labute approximate surface area is 108 Å². The summed E-state index contributed by atoms with van der Waals surface area (Å²) in [6.45, 7) is -1.60. The Hall–Kier alpha value is -1.73. The molecule has 1 aliphatic carbocycles. The van der Waals surface area contributed by atoms with Crippen LogP contribution in [0.3, 0.4) is 0 Å². The van der Waals surface area contributed by atoms with E-state index in [1.54, 1.807) is 0 Å². The van der Waals surface area contributed by atoms with Crippen LogP contribution >= 0.6 is 0 Å². The fourth-order valence-corrected chi connectivity index (χ4v) is 2.18. The first-order chi connectivity index (χ1) is 8.71. The Kier molecular flexibility index (Phi) is 4.79. The minimum Gasteiger partial charge on any atom is -0.480 e. The van der Waals surface area contributed by atoms with Gasteiger partial charge in [-0.25, -0.2) is 8.78 Å². The molecule has 108 valence electrons. The van der Waals surface area contributed by atoms with E-state index in [1.807, 2.05) is 0 Å². The molecule has 1 rings (SSSR count). The van der Waals surface area contributed by atoms with Crippen molar-refractivity contribution in [1.29, 1.82) is 0 Å². The van der Waals surface area contributed by atoms with Crippen molar-refractivity contribution in [3.8, 4) is 0 Å². The Morgan fingerprint density at radius 1 is 1.16 bits per heavy atom. The molecule has 8 heteroatoms. The number of carbonyl (C=O) groups is 3. The zero-order chi connectivity index (χ0) is 14.6. The summed E-state index contributed by atoms with van der Waals surface area (Å²) in [6, 6.07) is 0. The first-order valence-electron chi connectivity index (χ1n) is 5.81. The summed E-state index contributed by atoms with van der Waals surface area (Å²) in [4.78, 5) is 33.7. The SMILES string of the molecule is O=C(O)CN(CC(=O)O)C(=O)C1CCCC(F)(F)C1. The van der Waals surface area contributed by atoms with Crippen LogP contribution in [0.15, 0.2) is 0 Å². The number of carbonyl (C=O) groups excluding carboxylic acids is 1. The molecular weight excluding hydrogens is 264 g/mol. The van der Waals surface area contributed by atoms with Gasteiger partial charge >= 0.3 is 11.9 Å². The lowest BCUT2D eigenvalue weighted by atomic mass is 9.85. The molecule has 0 aromatic rings. The Morgan fingerprint density at radius 3 is 2.11 bits per heavy atom. The predicted octanol–water partition coefficient (Wildman–Crippen LogP) is 0.810. The van der Waals surface area contributed by atoms with Crippen LogP contribution < -0.4 is 0 Å². The van der Waals surface area contributed by atoms with Crippen molar-refractivity contribution in [1.82, 2.24) is 4.90 Å². The normalized spacial score (nSPS) is 21.7. The molecule has 1 saturated carbocycles. The Bertz CT molecular complexity index is 369. The second-order valence-corrected chi connectivity index (χ2v) is 4.63. The van der Waals surface area contributed by atoms with Gasteiger partial charge in [0, 0.05) is 18.8 Å². The molecule has 0 spiro atoms. The summed E-state index contributed by atoms with van der Waals surface area (Å²) >= 11 is 0. The number of aliphatic carboxylic acids is 2. The lowest BCUT2D eigenvalue weighted by molar-refractivity contribution is -0.154. The highest BCUT2D eigenvalue weighted by Gasteiger charge is 2.40. The van der Waals surface area contributed by atoms with Gasteiger partial charge in [-0.15, -0.1) is 0 Å². The Balaban J connectivity index is 2.74. The highest BCUT2D eigenvalue weighted by molar-refractivity contribution is 5.86. The van der Waals surface area contributed by atoms with Crippen LogP contribution in [0.2, 0.25) is 0 Å². The van der Waals surface area contributed by atoms with E-state index >= 15 is 0 Å². The quantitative estimate of drug-likeness (QED) is 0.776. The van der Waals surface area contributed by atoms with E-state index in [-0.39, 0.29) is 19.3 Å². The molecule has 1 aliphatic rings. The maximum atomic E-state index is 13.2. The van der Waals surface area contributed by atoms with Gasteiger partial charge in [0.05, 0.1) is 0 Å². The molecule has 0 radical (unpaired) electrons. The van der Waals surface area contributed by atoms with Crippen molar-refractivity contribution in [3.63, 3.8) is 0 Å². The Morgan fingerprint density at radius 2 is 1.68 bits per heavy atom. The van der Waals surface area contributed by atoms with Crippen LogP contribution in [0.1, 0.15) is 25.7 Å². The molecule has 0 aromatic heterocycles.